The van der Waals surface area contributed by atoms with Crippen molar-refractivity contribution in [1.82, 2.24) is 0 Å². The fraction of sp³-hybridized carbons (Fsp3) is 1.00. The van der Waals surface area contributed by atoms with Crippen LogP contribution >= 0.6 is 0 Å². The van der Waals surface area contributed by atoms with Gasteiger partial charge in [-0.1, -0.05) is 27.7 Å². The highest BCUT2D eigenvalue weighted by Gasteiger charge is 2.61. The van der Waals surface area contributed by atoms with Crippen LogP contribution in [-0.2, 0) is 4.74 Å². The Hall–Kier alpha value is -0.120. The van der Waals surface area contributed by atoms with Crippen molar-refractivity contribution in [3.05, 3.63) is 0 Å². The van der Waals surface area contributed by atoms with Gasteiger partial charge in [0.15, 0.2) is 0 Å². The van der Waals surface area contributed by atoms with Crippen LogP contribution in [0.15, 0.2) is 0 Å². The van der Waals surface area contributed by atoms with E-state index >= 15 is 0 Å². The van der Waals surface area contributed by atoms with Crippen LogP contribution in [0.25, 0.3) is 0 Å². The molecule has 0 amide bonds. The Labute approximate surface area is 191 Å². The molecule has 3 nitrogen and oxygen atoms in total. The Kier molecular flexibility index (Phi) is 7.17. The highest BCUT2D eigenvalue weighted by atomic mass is 16.5. The molecule has 10 atom stereocenters. The summed E-state index contributed by atoms with van der Waals surface area (Å²) in [5.41, 5.74) is 0.865. The van der Waals surface area contributed by atoms with Crippen LogP contribution in [0.3, 0.4) is 0 Å². The second-order valence-electron chi connectivity index (χ2n) is 12.7. The highest BCUT2D eigenvalue weighted by Crippen LogP contribution is 2.68. The first-order valence-corrected chi connectivity index (χ1v) is 13.7. The molecule has 0 radical (unpaired) electrons. The summed E-state index contributed by atoms with van der Waals surface area (Å²) in [5.74, 6) is 4.31. The monoisotopic (exact) mass is 434 g/mol. The first-order chi connectivity index (χ1) is 14.7. The molecule has 0 bridgehead atoms. The third kappa shape index (κ3) is 4.26. The highest BCUT2D eigenvalue weighted by molar-refractivity contribution is 5.10. The van der Waals surface area contributed by atoms with Gasteiger partial charge in [0, 0.05) is 6.61 Å². The summed E-state index contributed by atoms with van der Waals surface area (Å²) in [6.07, 6.45) is 13.4. The lowest BCUT2D eigenvalue weighted by Gasteiger charge is -2.61. The third-order valence-electron chi connectivity index (χ3n) is 11.1. The Morgan fingerprint density at radius 3 is 2.32 bits per heavy atom. The van der Waals surface area contributed by atoms with Crippen molar-refractivity contribution in [2.24, 2.45) is 46.3 Å². The second-order valence-corrected chi connectivity index (χ2v) is 12.7. The Bertz CT molecular complexity index is 605. The number of hydrogen-bond donors (Lipinski definition) is 2. The zero-order chi connectivity index (χ0) is 22.4. The smallest absolute Gasteiger partial charge is 0.0609 e. The normalized spacial score (nSPS) is 46.8. The van der Waals surface area contributed by atoms with Crippen molar-refractivity contribution in [1.29, 1.82) is 0 Å². The molecular formula is C28H50O3. The summed E-state index contributed by atoms with van der Waals surface area (Å²) in [7, 11) is 0. The van der Waals surface area contributed by atoms with Crippen LogP contribution in [0.5, 0.6) is 0 Å². The summed E-state index contributed by atoms with van der Waals surface area (Å²) in [6.45, 7) is 12.4. The average Bonchev–Trinajstić information content (AvgIpc) is 3.08. The molecule has 4 rings (SSSR count). The molecule has 0 aliphatic heterocycles. The Morgan fingerprint density at radius 1 is 0.903 bits per heavy atom. The first-order valence-electron chi connectivity index (χ1n) is 13.7. The number of rotatable bonds is 7. The fourth-order valence-corrected chi connectivity index (χ4v) is 9.17. The van der Waals surface area contributed by atoms with E-state index in [0.29, 0.717) is 28.8 Å². The van der Waals surface area contributed by atoms with Gasteiger partial charge in [0.05, 0.1) is 18.3 Å². The maximum atomic E-state index is 10.4. The van der Waals surface area contributed by atoms with E-state index in [0.717, 1.165) is 56.0 Å². The molecule has 0 saturated heterocycles. The second kappa shape index (κ2) is 9.26. The van der Waals surface area contributed by atoms with Gasteiger partial charge in [0.1, 0.15) is 0 Å². The maximum absolute atomic E-state index is 10.4. The largest absolute Gasteiger partial charge is 0.393 e. The molecule has 0 spiro atoms. The van der Waals surface area contributed by atoms with Crippen molar-refractivity contribution < 1.29 is 14.9 Å². The molecule has 31 heavy (non-hydrogen) atoms. The van der Waals surface area contributed by atoms with Crippen LogP contribution < -0.4 is 0 Å². The lowest BCUT2D eigenvalue weighted by molar-refractivity contribution is -0.137. The SMILES string of the molecule is CCOC(CCC(O)C(C)C)C1CCC2C3CC[C@H]4CC(O)CCC4(C)C3CCC12C. The number of ether oxygens (including phenoxy) is 1. The molecule has 2 N–H and O–H groups in total. The molecule has 0 aromatic rings. The van der Waals surface area contributed by atoms with E-state index in [9.17, 15) is 10.2 Å². The lowest BCUT2D eigenvalue weighted by Crippen LogP contribution is -2.54. The van der Waals surface area contributed by atoms with Gasteiger partial charge in [0.25, 0.3) is 0 Å². The van der Waals surface area contributed by atoms with Crippen molar-refractivity contribution in [3.63, 3.8) is 0 Å². The van der Waals surface area contributed by atoms with Gasteiger partial charge in [-0.15, -0.1) is 0 Å². The standard InChI is InChI=1S/C28H50O3/c1-6-31-26(12-11-25(30)18(2)3)24-10-9-22-21-8-7-19-17-20(29)13-15-27(19,4)23(21)14-16-28(22,24)5/h18-26,29-30H,6-17H2,1-5H3/t19-,20?,21?,22?,23?,24?,25?,26?,27?,28?/m0/s1. The molecule has 3 heteroatoms. The van der Waals surface area contributed by atoms with E-state index in [1.54, 1.807) is 0 Å². The quantitative estimate of drug-likeness (QED) is 0.501. The first kappa shape index (κ1) is 24.0. The predicted octanol–water partition coefficient (Wildman–Crippen LogP) is 6.21. The van der Waals surface area contributed by atoms with Crippen LogP contribution in [0, 0.1) is 46.3 Å². The minimum atomic E-state index is -0.208. The van der Waals surface area contributed by atoms with E-state index in [1.165, 1.54) is 44.9 Å². The Morgan fingerprint density at radius 2 is 1.61 bits per heavy atom. The van der Waals surface area contributed by atoms with E-state index < -0.39 is 0 Å². The fourth-order valence-electron chi connectivity index (χ4n) is 9.17. The average molecular weight is 435 g/mol. The number of aliphatic hydroxyl groups excluding tert-OH is 2. The van der Waals surface area contributed by atoms with E-state index in [-0.39, 0.29) is 12.2 Å². The van der Waals surface area contributed by atoms with Gasteiger partial charge >= 0.3 is 0 Å². The Balaban J connectivity index is 1.49. The van der Waals surface area contributed by atoms with Crippen molar-refractivity contribution in [2.75, 3.05) is 6.61 Å². The van der Waals surface area contributed by atoms with E-state index in [1.807, 2.05) is 0 Å². The summed E-state index contributed by atoms with van der Waals surface area (Å²) in [5, 5.41) is 20.7. The topological polar surface area (TPSA) is 49.7 Å². The molecule has 4 saturated carbocycles. The molecule has 180 valence electrons. The molecule has 0 heterocycles. The molecule has 9 unspecified atom stereocenters. The minimum Gasteiger partial charge on any atom is -0.393 e. The van der Waals surface area contributed by atoms with Crippen LogP contribution in [0.2, 0.25) is 0 Å². The predicted molar refractivity (Wildman–Crippen MR) is 127 cm³/mol. The molecule has 0 aromatic carbocycles. The molecule has 4 aliphatic carbocycles. The van der Waals surface area contributed by atoms with Crippen LogP contribution in [-0.4, -0.2) is 35.1 Å². The van der Waals surface area contributed by atoms with E-state index in [2.05, 4.69) is 34.6 Å². The van der Waals surface area contributed by atoms with Gasteiger partial charge < -0.3 is 14.9 Å². The molecule has 0 aromatic heterocycles. The molecule has 4 aliphatic rings. The zero-order valence-electron chi connectivity index (χ0n) is 21.0. The third-order valence-corrected chi connectivity index (χ3v) is 11.1. The van der Waals surface area contributed by atoms with Gasteiger partial charge in [-0.25, -0.2) is 0 Å². The van der Waals surface area contributed by atoms with Gasteiger partial charge in [-0.3, -0.25) is 0 Å². The lowest BCUT2D eigenvalue weighted by atomic mass is 9.44. The van der Waals surface area contributed by atoms with Gasteiger partial charge in [0.2, 0.25) is 0 Å². The van der Waals surface area contributed by atoms with Crippen molar-refractivity contribution in [2.45, 2.75) is 124 Å². The van der Waals surface area contributed by atoms with Gasteiger partial charge in [-0.2, -0.15) is 0 Å². The van der Waals surface area contributed by atoms with Crippen molar-refractivity contribution >= 4 is 0 Å². The van der Waals surface area contributed by atoms with Crippen LogP contribution in [0.4, 0.5) is 0 Å². The van der Waals surface area contributed by atoms with E-state index in [4.69, 9.17) is 4.74 Å². The summed E-state index contributed by atoms with van der Waals surface area (Å²) >= 11 is 0. The number of hydrogen-bond acceptors (Lipinski definition) is 3. The van der Waals surface area contributed by atoms with Crippen molar-refractivity contribution in [3.8, 4) is 0 Å². The van der Waals surface area contributed by atoms with Gasteiger partial charge in [-0.05, 0) is 124 Å². The maximum Gasteiger partial charge on any atom is 0.0609 e. The molecule has 4 fully saturated rings. The zero-order valence-corrected chi connectivity index (χ0v) is 21.0. The minimum absolute atomic E-state index is 0.0486. The molecular weight excluding hydrogens is 384 g/mol. The van der Waals surface area contributed by atoms with Crippen LogP contribution in [0.1, 0.15) is 105 Å². The number of aliphatic hydroxyl groups is 2. The number of fused-ring (bicyclic) bond motifs is 5. The summed E-state index contributed by atoms with van der Waals surface area (Å²) in [4.78, 5) is 0. The summed E-state index contributed by atoms with van der Waals surface area (Å²) in [6, 6.07) is 0. The summed E-state index contributed by atoms with van der Waals surface area (Å²) < 4.78 is 6.38.